The molecular weight excluding hydrogens is 230 g/mol. The lowest BCUT2D eigenvalue weighted by atomic mass is 10.2. The van der Waals surface area contributed by atoms with E-state index in [0.717, 1.165) is 17.9 Å². The van der Waals surface area contributed by atoms with E-state index in [-0.39, 0.29) is 6.03 Å². The quantitative estimate of drug-likeness (QED) is 0.863. The first kappa shape index (κ1) is 14.3. The molecule has 2 amide bonds. The van der Waals surface area contributed by atoms with E-state index in [2.05, 4.69) is 0 Å². The predicted molar refractivity (Wildman–Crippen MR) is 73.1 cm³/mol. The number of carbonyl (C=O) groups excluding carboxylic acids is 1. The van der Waals surface area contributed by atoms with Gasteiger partial charge in [0.1, 0.15) is 5.75 Å². The molecule has 1 rings (SSSR count). The summed E-state index contributed by atoms with van der Waals surface area (Å²) in [6.45, 7) is 1.15. The lowest BCUT2D eigenvalue weighted by Gasteiger charge is -2.26. The molecule has 18 heavy (non-hydrogen) atoms. The number of nitrogens with two attached hydrogens (primary N) is 1. The molecule has 0 aromatic heterocycles. The Hall–Kier alpha value is -1.75. The van der Waals surface area contributed by atoms with Crippen molar-refractivity contribution < 1.29 is 9.53 Å². The number of benzene rings is 1. The summed E-state index contributed by atoms with van der Waals surface area (Å²) in [4.78, 5) is 15.4. The number of carbonyl (C=O) groups is 1. The Morgan fingerprint density at radius 1 is 1.39 bits per heavy atom. The SMILES string of the molecule is COc1cccc(N(CCCN)C(=O)N(C)C)c1. The van der Waals surface area contributed by atoms with Crippen molar-refractivity contribution in [2.75, 3.05) is 39.2 Å². The van der Waals surface area contributed by atoms with Crippen LogP contribution in [-0.4, -0.2) is 45.2 Å². The van der Waals surface area contributed by atoms with Crippen molar-refractivity contribution in [3.8, 4) is 5.75 Å². The smallest absolute Gasteiger partial charge is 0.323 e. The maximum atomic E-state index is 12.1. The maximum absolute atomic E-state index is 12.1. The second-order valence-electron chi connectivity index (χ2n) is 4.17. The summed E-state index contributed by atoms with van der Waals surface area (Å²) in [5.41, 5.74) is 6.33. The number of hydrogen-bond donors (Lipinski definition) is 1. The molecule has 1 aromatic carbocycles. The summed E-state index contributed by atoms with van der Waals surface area (Å²) >= 11 is 0. The van der Waals surface area contributed by atoms with Gasteiger partial charge in [-0.05, 0) is 25.1 Å². The number of rotatable bonds is 5. The van der Waals surface area contributed by atoms with Crippen molar-refractivity contribution in [2.45, 2.75) is 6.42 Å². The molecule has 5 heteroatoms. The monoisotopic (exact) mass is 251 g/mol. The van der Waals surface area contributed by atoms with Gasteiger partial charge in [0, 0.05) is 32.4 Å². The second-order valence-corrected chi connectivity index (χ2v) is 4.17. The van der Waals surface area contributed by atoms with Gasteiger partial charge in [-0.3, -0.25) is 4.90 Å². The molecule has 0 spiro atoms. The van der Waals surface area contributed by atoms with Gasteiger partial charge >= 0.3 is 6.03 Å². The van der Waals surface area contributed by atoms with Gasteiger partial charge in [0.15, 0.2) is 0 Å². The molecule has 0 atom stereocenters. The second kappa shape index (κ2) is 6.86. The molecule has 0 aliphatic heterocycles. The molecule has 0 aliphatic rings. The average Bonchev–Trinajstić information content (AvgIpc) is 2.39. The molecule has 0 unspecified atom stereocenters. The number of methoxy groups -OCH3 is 1. The molecule has 2 N–H and O–H groups in total. The standard InChI is InChI=1S/C13H21N3O2/c1-15(2)13(17)16(9-5-8-14)11-6-4-7-12(10-11)18-3/h4,6-7,10H,5,8-9,14H2,1-3H3. The van der Waals surface area contributed by atoms with Crippen LogP contribution in [0.1, 0.15) is 6.42 Å². The van der Waals surface area contributed by atoms with Crippen LogP contribution in [0.2, 0.25) is 0 Å². The fourth-order valence-electron chi connectivity index (χ4n) is 1.60. The van der Waals surface area contributed by atoms with Gasteiger partial charge in [-0.15, -0.1) is 0 Å². The summed E-state index contributed by atoms with van der Waals surface area (Å²) in [5, 5.41) is 0. The fourth-order valence-corrected chi connectivity index (χ4v) is 1.60. The van der Waals surface area contributed by atoms with Crippen LogP contribution >= 0.6 is 0 Å². The summed E-state index contributed by atoms with van der Waals surface area (Å²) in [7, 11) is 5.08. The van der Waals surface area contributed by atoms with E-state index in [0.29, 0.717) is 13.1 Å². The highest BCUT2D eigenvalue weighted by atomic mass is 16.5. The van der Waals surface area contributed by atoms with E-state index in [1.165, 1.54) is 0 Å². The largest absolute Gasteiger partial charge is 0.497 e. The summed E-state index contributed by atoms with van der Waals surface area (Å²) in [6, 6.07) is 7.40. The van der Waals surface area contributed by atoms with Gasteiger partial charge in [0.25, 0.3) is 0 Å². The highest BCUT2D eigenvalue weighted by molar-refractivity contribution is 5.91. The Labute approximate surface area is 108 Å². The zero-order valence-corrected chi connectivity index (χ0v) is 11.2. The van der Waals surface area contributed by atoms with Crippen LogP contribution in [-0.2, 0) is 0 Å². The van der Waals surface area contributed by atoms with Crippen molar-refractivity contribution in [3.63, 3.8) is 0 Å². The molecular formula is C13H21N3O2. The van der Waals surface area contributed by atoms with Gasteiger partial charge in [-0.1, -0.05) is 6.07 Å². The van der Waals surface area contributed by atoms with E-state index in [1.54, 1.807) is 31.0 Å². The average molecular weight is 251 g/mol. The van der Waals surface area contributed by atoms with Crippen LogP contribution in [0.4, 0.5) is 10.5 Å². The Balaban J connectivity index is 2.96. The third-order valence-electron chi connectivity index (χ3n) is 2.56. The summed E-state index contributed by atoms with van der Waals surface area (Å²) < 4.78 is 5.17. The predicted octanol–water partition coefficient (Wildman–Crippen LogP) is 1.53. The molecule has 0 saturated heterocycles. The topological polar surface area (TPSA) is 58.8 Å². The van der Waals surface area contributed by atoms with Gasteiger partial charge in [0.05, 0.1) is 7.11 Å². The fraction of sp³-hybridized carbons (Fsp3) is 0.462. The van der Waals surface area contributed by atoms with Crippen molar-refractivity contribution in [3.05, 3.63) is 24.3 Å². The molecule has 0 bridgehead atoms. The molecule has 0 fully saturated rings. The number of nitrogens with zero attached hydrogens (tertiary/aromatic N) is 2. The van der Waals surface area contributed by atoms with Crippen LogP contribution in [0.25, 0.3) is 0 Å². The lowest BCUT2D eigenvalue weighted by Crippen LogP contribution is -2.40. The minimum Gasteiger partial charge on any atom is -0.497 e. The minimum absolute atomic E-state index is 0.0586. The van der Waals surface area contributed by atoms with E-state index >= 15 is 0 Å². The third-order valence-corrected chi connectivity index (χ3v) is 2.56. The van der Waals surface area contributed by atoms with Crippen molar-refractivity contribution in [1.29, 1.82) is 0 Å². The Morgan fingerprint density at radius 2 is 2.11 bits per heavy atom. The molecule has 100 valence electrons. The van der Waals surface area contributed by atoms with Crippen molar-refractivity contribution in [2.24, 2.45) is 5.73 Å². The third kappa shape index (κ3) is 3.63. The number of anilines is 1. The van der Waals surface area contributed by atoms with Crippen LogP contribution < -0.4 is 15.4 Å². The number of urea groups is 1. The van der Waals surface area contributed by atoms with Gasteiger partial charge < -0.3 is 15.4 Å². The Morgan fingerprint density at radius 3 is 2.67 bits per heavy atom. The molecule has 0 aliphatic carbocycles. The van der Waals surface area contributed by atoms with Crippen LogP contribution in [0.3, 0.4) is 0 Å². The molecule has 5 nitrogen and oxygen atoms in total. The number of hydrogen-bond acceptors (Lipinski definition) is 3. The highest BCUT2D eigenvalue weighted by Crippen LogP contribution is 2.21. The van der Waals surface area contributed by atoms with Crippen LogP contribution in [0.15, 0.2) is 24.3 Å². The van der Waals surface area contributed by atoms with Gasteiger partial charge in [-0.2, -0.15) is 0 Å². The van der Waals surface area contributed by atoms with Gasteiger partial charge in [-0.25, -0.2) is 4.79 Å². The summed E-state index contributed by atoms with van der Waals surface area (Å²) in [6.07, 6.45) is 0.761. The molecule has 0 saturated carbocycles. The molecule has 0 radical (unpaired) electrons. The normalized spacial score (nSPS) is 10.0. The van der Waals surface area contributed by atoms with Crippen LogP contribution in [0, 0.1) is 0 Å². The summed E-state index contributed by atoms with van der Waals surface area (Å²) in [5.74, 6) is 0.733. The first-order chi connectivity index (χ1) is 8.60. The molecule has 0 heterocycles. The van der Waals surface area contributed by atoms with E-state index in [9.17, 15) is 4.79 Å². The number of amides is 2. The van der Waals surface area contributed by atoms with E-state index in [1.807, 2.05) is 24.3 Å². The first-order valence-electron chi connectivity index (χ1n) is 5.93. The van der Waals surface area contributed by atoms with Crippen LogP contribution in [0.5, 0.6) is 5.75 Å². The molecule has 1 aromatic rings. The Kier molecular flexibility index (Phi) is 5.45. The van der Waals surface area contributed by atoms with E-state index < -0.39 is 0 Å². The number of ether oxygens (including phenoxy) is 1. The zero-order valence-electron chi connectivity index (χ0n) is 11.2. The maximum Gasteiger partial charge on any atom is 0.323 e. The first-order valence-corrected chi connectivity index (χ1v) is 5.93. The minimum atomic E-state index is -0.0586. The Bertz CT molecular complexity index is 394. The zero-order chi connectivity index (χ0) is 13.5. The van der Waals surface area contributed by atoms with E-state index in [4.69, 9.17) is 10.5 Å². The van der Waals surface area contributed by atoms with Gasteiger partial charge in [0.2, 0.25) is 0 Å². The van der Waals surface area contributed by atoms with Crippen molar-refractivity contribution >= 4 is 11.7 Å². The highest BCUT2D eigenvalue weighted by Gasteiger charge is 2.17. The van der Waals surface area contributed by atoms with Crippen molar-refractivity contribution in [1.82, 2.24) is 4.90 Å². The lowest BCUT2D eigenvalue weighted by molar-refractivity contribution is 0.223.